The van der Waals surface area contributed by atoms with Gasteiger partial charge in [0.25, 0.3) is 0 Å². The molecule has 0 fully saturated rings. The largest absolute Gasteiger partial charge is 0.313 e. The fraction of sp³-hybridized carbons (Fsp3) is 0.300. The Labute approximate surface area is 86.2 Å². The molecule has 1 aromatic heterocycles. The minimum atomic E-state index is 0.965. The molecule has 2 heterocycles. The van der Waals surface area contributed by atoms with E-state index >= 15 is 0 Å². The average molecular weight is 239 g/mol. The fourth-order valence-electron chi connectivity index (χ4n) is 1.42. The minimum absolute atomic E-state index is 0.965. The highest BCUT2D eigenvalue weighted by Crippen LogP contribution is 2.18. The van der Waals surface area contributed by atoms with Gasteiger partial charge < -0.3 is 5.32 Å². The zero-order valence-electron chi connectivity index (χ0n) is 7.26. The topological polar surface area (TPSA) is 24.9 Å². The molecule has 0 aromatic carbocycles. The van der Waals surface area contributed by atoms with E-state index in [1.807, 2.05) is 12.3 Å². The van der Waals surface area contributed by atoms with Crippen LogP contribution in [0, 0.1) is 0 Å². The van der Waals surface area contributed by atoms with E-state index in [1.54, 1.807) is 0 Å². The van der Waals surface area contributed by atoms with Crippen molar-refractivity contribution in [2.75, 3.05) is 13.1 Å². The van der Waals surface area contributed by atoms with Crippen molar-refractivity contribution in [3.8, 4) is 0 Å². The summed E-state index contributed by atoms with van der Waals surface area (Å²) in [5.74, 6) is 0. The van der Waals surface area contributed by atoms with Crippen LogP contribution in [-0.2, 0) is 0 Å². The van der Waals surface area contributed by atoms with Gasteiger partial charge in [-0.05, 0) is 46.6 Å². The molecule has 1 aliphatic rings. The molecule has 68 valence electrons. The van der Waals surface area contributed by atoms with Crippen LogP contribution in [0.4, 0.5) is 0 Å². The second-order valence-electron chi connectivity index (χ2n) is 3.05. The predicted molar refractivity (Wildman–Crippen MR) is 57.4 cm³/mol. The number of hydrogen-bond acceptors (Lipinski definition) is 2. The SMILES string of the molecule is Brc1ccc(C2=CCNCC2)nc1. The van der Waals surface area contributed by atoms with Gasteiger partial charge in [0.05, 0.1) is 5.69 Å². The second-order valence-corrected chi connectivity index (χ2v) is 3.96. The van der Waals surface area contributed by atoms with Gasteiger partial charge in [-0.2, -0.15) is 0 Å². The van der Waals surface area contributed by atoms with Crippen molar-refractivity contribution in [1.29, 1.82) is 0 Å². The van der Waals surface area contributed by atoms with Crippen molar-refractivity contribution in [3.05, 3.63) is 34.6 Å². The third-order valence-electron chi connectivity index (χ3n) is 2.12. The Morgan fingerprint density at radius 2 is 2.31 bits per heavy atom. The molecule has 0 radical (unpaired) electrons. The molecule has 1 aromatic rings. The first kappa shape index (κ1) is 8.91. The summed E-state index contributed by atoms with van der Waals surface area (Å²) >= 11 is 3.38. The molecular weight excluding hydrogens is 228 g/mol. The summed E-state index contributed by atoms with van der Waals surface area (Å²) in [4.78, 5) is 4.36. The molecular formula is C10H11BrN2. The Balaban J connectivity index is 2.24. The normalized spacial score (nSPS) is 16.8. The van der Waals surface area contributed by atoms with Crippen molar-refractivity contribution < 1.29 is 0 Å². The molecule has 0 unspecified atom stereocenters. The number of hydrogen-bond donors (Lipinski definition) is 1. The first-order valence-corrected chi connectivity index (χ1v) is 5.17. The highest BCUT2D eigenvalue weighted by atomic mass is 79.9. The van der Waals surface area contributed by atoms with Crippen LogP contribution in [0.3, 0.4) is 0 Å². The molecule has 2 rings (SSSR count). The number of nitrogens with zero attached hydrogens (tertiary/aromatic N) is 1. The molecule has 2 nitrogen and oxygen atoms in total. The maximum atomic E-state index is 4.36. The smallest absolute Gasteiger partial charge is 0.0660 e. The van der Waals surface area contributed by atoms with E-state index in [4.69, 9.17) is 0 Å². The average Bonchev–Trinajstić information content (AvgIpc) is 2.20. The molecule has 1 N–H and O–H groups in total. The maximum absolute atomic E-state index is 4.36. The number of rotatable bonds is 1. The van der Waals surface area contributed by atoms with E-state index in [2.05, 4.69) is 38.4 Å². The number of nitrogens with one attached hydrogen (secondary N) is 1. The second kappa shape index (κ2) is 4.03. The molecule has 0 amide bonds. The van der Waals surface area contributed by atoms with Crippen LogP contribution in [-0.4, -0.2) is 18.1 Å². The minimum Gasteiger partial charge on any atom is -0.313 e. The molecule has 0 spiro atoms. The van der Waals surface area contributed by atoms with Crippen LogP contribution in [0.15, 0.2) is 28.9 Å². The van der Waals surface area contributed by atoms with Gasteiger partial charge in [0.15, 0.2) is 0 Å². The van der Waals surface area contributed by atoms with Crippen LogP contribution in [0.25, 0.3) is 5.57 Å². The van der Waals surface area contributed by atoms with Gasteiger partial charge in [-0.1, -0.05) is 6.08 Å². The van der Waals surface area contributed by atoms with Crippen molar-refractivity contribution in [1.82, 2.24) is 10.3 Å². The summed E-state index contributed by atoms with van der Waals surface area (Å²) in [5, 5.41) is 3.28. The molecule has 13 heavy (non-hydrogen) atoms. The highest BCUT2D eigenvalue weighted by molar-refractivity contribution is 9.10. The first-order valence-electron chi connectivity index (χ1n) is 4.38. The van der Waals surface area contributed by atoms with E-state index in [9.17, 15) is 0 Å². The third-order valence-corrected chi connectivity index (χ3v) is 2.59. The zero-order valence-corrected chi connectivity index (χ0v) is 8.84. The van der Waals surface area contributed by atoms with E-state index < -0.39 is 0 Å². The van der Waals surface area contributed by atoms with Gasteiger partial charge in [-0.3, -0.25) is 4.98 Å². The van der Waals surface area contributed by atoms with Crippen LogP contribution in [0.1, 0.15) is 12.1 Å². The van der Waals surface area contributed by atoms with Gasteiger partial charge in [-0.25, -0.2) is 0 Å². The van der Waals surface area contributed by atoms with Gasteiger partial charge in [0, 0.05) is 17.2 Å². The van der Waals surface area contributed by atoms with Crippen molar-refractivity contribution >= 4 is 21.5 Å². The summed E-state index contributed by atoms with van der Waals surface area (Å²) in [6.45, 7) is 2.02. The standard InChI is InChI=1S/C10H11BrN2/c11-9-1-2-10(13-7-9)8-3-5-12-6-4-8/h1-3,7,12H,4-6H2. The van der Waals surface area contributed by atoms with Crippen molar-refractivity contribution in [3.63, 3.8) is 0 Å². The van der Waals surface area contributed by atoms with Crippen LogP contribution in [0.2, 0.25) is 0 Å². The Hall–Kier alpha value is -0.670. The van der Waals surface area contributed by atoms with E-state index in [0.717, 1.165) is 29.7 Å². The molecule has 0 aliphatic carbocycles. The molecule has 0 saturated carbocycles. The summed E-state index contributed by atoms with van der Waals surface area (Å²) in [6, 6.07) is 4.09. The lowest BCUT2D eigenvalue weighted by atomic mass is 10.1. The number of halogens is 1. The molecule has 0 saturated heterocycles. The molecule has 0 atom stereocenters. The maximum Gasteiger partial charge on any atom is 0.0660 e. The summed E-state index contributed by atoms with van der Waals surface area (Å²) in [6.07, 6.45) is 5.13. The van der Waals surface area contributed by atoms with Gasteiger partial charge >= 0.3 is 0 Å². The third kappa shape index (κ3) is 2.17. The number of pyridine rings is 1. The monoisotopic (exact) mass is 238 g/mol. The molecule has 1 aliphatic heterocycles. The lowest BCUT2D eigenvalue weighted by Crippen LogP contribution is -2.20. The van der Waals surface area contributed by atoms with E-state index in [1.165, 1.54) is 5.57 Å². The summed E-state index contributed by atoms with van der Waals surface area (Å²) in [7, 11) is 0. The van der Waals surface area contributed by atoms with Crippen LogP contribution < -0.4 is 5.32 Å². The van der Waals surface area contributed by atoms with Crippen molar-refractivity contribution in [2.45, 2.75) is 6.42 Å². The van der Waals surface area contributed by atoms with Gasteiger partial charge in [-0.15, -0.1) is 0 Å². The van der Waals surface area contributed by atoms with Crippen LogP contribution in [0.5, 0.6) is 0 Å². The first-order chi connectivity index (χ1) is 6.36. The van der Waals surface area contributed by atoms with Gasteiger partial charge in [0.2, 0.25) is 0 Å². The summed E-state index contributed by atoms with van der Waals surface area (Å²) in [5.41, 5.74) is 2.45. The van der Waals surface area contributed by atoms with Crippen LogP contribution >= 0.6 is 15.9 Å². The lowest BCUT2D eigenvalue weighted by Gasteiger charge is -2.13. The number of aromatic nitrogens is 1. The highest BCUT2D eigenvalue weighted by Gasteiger charge is 2.05. The van der Waals surface area contributed by atoms with Gasteiger partial charge in [0.1, 0.15) is 0 Å². The van der Waals surface area contributed by atoms with Crippen molar-refractivity contribution in [2.24, 2.45) is 0 Å². The quantitative estimate of drug-likeness (QED) is 0.812. The Morgan fingerprint density at radius 1 is 1.38 bits per heavy atom. The fourth-order valence-corrected chi connectivity index (χ4v) is 1.66. The van der Waals surface area contributed by atoms with E-state index in [0.29, 0.717) is 0 Å². The van der Waals surface area contributed by atoms with E-state index in [-0.39, 0.29) is 0 Å². The predicted octanol–water partition coefficient (Wildman–Crippen LogP) is 2.22. The summed E-state index contributed by atoms with van der Waals surface area (Å²) < 4.78 is 1.03. The molecule has 3 heteroatoms. The Bertz CT molecular complexity index is 316. The molecule has 0 bridgehead atoms. The zero-order chi connectivity index (χ0) is 9.10. The Morgan fingerprint density at radius 3 is 2.92 bits per heavy atom. The lowest BCUT2D eigenvalue weighted by molar-refractivity contribution is 0.737. The Kier molecular flexibility index (Phi) is 2.76.